The normalized spacial score (nSPS) is 50.6. The quantitative estimate of drug-likeness (QED) is 0.759. The molecule has 1 saturated heterocycles. The third kappa shape index (κ3) is 1.00. The zero-order valence-electron chi connectivity index (χ0n) is 10.7. The summed E-state index contributed by atoms with van der Waals surface area (Å²) < 4.78 is 5.99. The SMILES string of the molecule is C=CCNC(=O)[C@@]12C[C@H]3CC[C@@]1(C)[C@@]3(C)CO2. The fraction of sp³-hybridized carbons (Fsp3) is 0.786. The van der Waals surface area contributed by atoms with Gasteiger partial charge in [0.05, 0.1) is 6.61 Å². The Balaban J connectivity index is 1.95. The summed E-state index contributed by atoms with van der Waals surface area (Å²) in [7, 11) is 0. The monoisotopic (exact) mass is 235 g/mol. The van der Waals surface area contributed by atoms with Crippen molar-refractivity contribution in [1.82, 2.24) is 5.32 Å². The summed E-state index contributed by atoms with van der Waals surface area (Å²) in [5.41, 5.74) is -0.331. The Kier molecular flexibility index (Phi) is 2.08. The lowest BCUT2D eigenvalue weighted by molar-refractivity contribution is -0.155. The van der Waals surface area contributed by atoms with Gasteiger partial charge in [0.2, 0.25) is 0 Å². The van der Waals surface area contributed by atoms with E-state index in [1.807, 2.05) is 0 Å². The van der Waals surface area contributed by atoms with Gasteiger partial charge in [0.15, 0.2) is 5.60 Å². The molecule has 1 N–H and O–H groups in total. The van der Waals surface area contributed by atoms with Gasteiger partial charge in [0.25, 0.3) is 5.91 Å². The molecule has 94 valence electrons. The van der Waals surface area contributed by atoms with Gasteiger partial charge in [-0.15, -0.1) is 6.58 Å². The van der Waals surface area contributed by atoms with Crippen molar-refractivity contribution in [3.05, 3.63) is 12.7 Å². The maximum atomic E-state index is 12.4. The molecule has 3 rings (SSSR count). The second kappa shape index (κ2) is 3.14. The van der Waals surface area contributed by atoms with Crippen molar-refractivity contribution in [3.63, 3.8) is 0 Å². The Morgan fingerprint density at radius 2 is 2.35 bits per heavy atom. The number of carbonyl (C=O) groups is 1. The van der Waals surface area contributed by atoms with Crippen molar-refractivity contribution < 1.29 is 9.53 Å². The lowest BCUT2D eigenvalue weighted by Gasteiger charge is -2.39. The number of ether oxygens (including phenoxy) is 1. The average Bonchev–Trinajstić information content (AvgIpc) is 2.78. The van der Waals surface area contributed by atoms with Crippen molar-refractivity contribution >= 4 is 5.91 Å². The molecular formula is C14H21NO2. The van der Waals surface area contributed by atoms with E-state index in [4.69, 9.17) is 4.74 Å². The molecular weight excluding hydrogens is 214 g/mol. The molecule has 4 bridgehead atoms. The van der Waals surface area contributed by atoms with E-state index in [-0.39, 0.29) is 16.7 Å². The maximum absolute atomic E-state index is 12.4. The highest BCUT2D eigenvalue weighted by molar-refractivity contribution is 5.88. The Hall–Kier alpha value is -0.830. The molecule has 0 spiro atoms. The first kappa shape index (κ1) is 11.3. The fourth-order valence-electron chi connectivity index (χ4n) is 4.57. The van der Waals surface area contributed by atoms with Crippen LogP contribution in [-0.2, 0) is 9.53 Å². The molecule has 17 heavy (non-hydrogen) atoms. The van der Waals surface area contributed by atoms with Crippen LogP contribution >= 0.6 is 0 Å². The average molecular weight is 235 g/mol. The highest BCUT2D eigenvalue weighted by Gasteiger charge is 2.78. The summed E-state index contributed by atoms with van der Waals surface area (Å²) in [6.45, 7) is 9.47. The van der Waals surface area contributed by atoms with Gasteiger partial charge in [-0.2, -0.15) is 0 Å². The minimum Gasteiger partial charge on any atom is -0.364 e. The number of hydrogen-bond donors (Lipinski definition) is 1. The Morgan fingerprint density at radius 1 is 1.59 bits per heavy atom. The van der Waals surface area contributed by atoms with Crippen molar-refractivity contribution in [2.75, 3.05) is 13.2 Å². The summed E-state index contributed by atoms with van der Waals surface area (Å²) in [6.07, 6.45) is 5.00. The van der Waals surface area contributed by atoms with Crippen molar-refractivity contribution in [3.8, 4) is 0 Å². The summed E-state index contributed by atoms with van der Waals surface area (Å²) in [4.78, 5) is 12.4. The van der Waals surface area contributed by atoms with E-state index < -0.39 is 5.60 Å². The van der Waals surface area contributed by atoms with Gasteiger partial charge >= 0.3 is 0 Å². The van der Waals surface area contributed by atoms with Crippen molar-refractivity contribution in [2.45, 2.75) is 38.7 Å². The van der Waals surface area contributed by atoms with Gasteiger partial charge in [-0.25, -0.2) is 0 Å². The molecule has 0 aromatic carbocycles. The van der Waals surface area contributed by atoms with E-state index >= 15 is 0 Å². The number of carbonyl (C=O) groups excluding carboxylic acids is 1. The van der Waals surface area contributed by atoms with Gasteiger partial charge in [-0.1, -0.05) is 19.9 Å². The predicted molar refractivity (Wildman–Crippen MR) is 65.4 cm³/mol. The summed E-state index contributed by atoms with van der Waals surface area (Å²) in [5, 5.41) is 2.94. The van der Waals surface area contributed by atoms with Crippen LogP contribution in [0.4, 0.5) is 0 Å². The minimum absolute atomic E-state index is 0.0237. The molecule has 2 saturated carbocycles. The third-order valence-electron chi connectivity index (χ3n) is 5.97. The molecule has 0 aromatic heterocycles. The zero-order chi connectivity index (χ0) is 12.3. The van der Waals surface area contributed by atoms with Crippen LogP contribution in [-0.4, -0.2) is 24.7 Å². The van der Waals surface area contributed by atoms with Crippen LogP contribution < -0.4 is 5.32 Å². The van der Waals surface area contributed by atoms with Gasteiger partial charge in [0, 0.05) is 17.4 Å². The lowest BCUT2D eigenvalue weighted by atomic mass is 9.66. The number of hydrogen-bond acceptors (Lipinski definition) is 2. The minimum atomic E-state index is -0.562. The molecule has 3 nitrogen and oxygen atoms in total. The van der Waals surface area contributed by atoms with Crippen molar-refractivity contribution in [2.24, 2.45) is 16.7 Å². The lowest BCUT2D eigenvalue weighted by Crippen LogP contribution is -2.55. The standard InChI is InChI=1S/C14H21NO2/c1-4-7-15-11(16)14-8-10-5-6-13(14,3)12(10,2)9-17-14/h4,10H,1,5-9H2,2-3H3,(H,15,16)/t10-,12+,13+,14+/m1/s1. The summed E-state index contributed by atoms with van der Waals surface area (Å²) in [6, 6.07) is 0. The number of rotatable bonds is 3. The summed E-state index contributed by atoms with van der Waals surface area (Å²) >= 11 is 0. The fourth-order valence-corrected chi connectivity index (χ4v) is 4.57. The van der Waals surface area contributed by atoms with Crippen LogP contribution in [0.3, 0.4) is 0 Å². The highest BCUT2D eigenvalue weighted by Crippen LogP contribution is 2.74. The number of amides is 1. The van der Waals surface area contributed by atoms with Crippen LogP contribution in [0.1, 0.15) is 33.1 Å². The molecule has 3 fully saturated rings. The summed E-state index contributed by atoms with van der Waals surface area (Å²) in [5.74, 6) is 0.738. The second-order valence-corrected chi connectivity index (χ2v) is 6.30. The first-order valence-electron chi connectivity index (χ1n) is 6.53. The van der Waals surface area contributed by atoms with E-state index in [2.05, 4.69) is 25.7 Å². The Bertz CT molecular complexity index is 394. The van der Waals surface area contributed by atoms with Crippen LogP contribution in [0.15, 0.2) is 12.7 Å². The Morgan fingerprint density at radius 3 is 2.94 bits per heavy atom. The molecule has 3 heteroatoms. The topological polar surface area (TPSA) is 38.3 Å². The van der Waals surface area contributed by atoms with Gasteiger partial charge in [-0.05, 0) is 25.2 Å². The smallest absolute Gasteiger partial charge is 0.253 e. The maximum Gasteiger partial charge on any atom is 0.253 e. The van der Waals surface area contributed by atoms with Crippen LogP contribution in [0.5, 0.6) is 0 Å². The van der Waals surface area contributed by atoms with E-state index in [9.17, 15) is 4.79 Å². The largest absolute Gasteiger partial charge is 0.364 e. The molecule has 1 aliphatic heterocycles. The van der Waals surface area contributed by atoms with Crippen molar-refractivity contribution in [1.29, 1.82) is 0 Å². The van der Waals surface area contributed by atoms with Gasteiger partial charge in [0.1, 0.15) is 0 Å². The van der Waals surface area contributed by atoms with E-state index in [0.717, 1.165) is 19.4 Å². The van der Waals surface area contributed by atoms with Gasteiger partial charge < -0.3 is 10.1 Å². The Labute approximate surface area is 103 Å². The highest BCUT2D eigenvalue weighted by atomic mass is 16.5. The number of nitrogens with one attached hydrogen (secondary N) is 1. The zero-order valence-corrected chi connectivity index (χ0v) is 10.7. The van der Waals surface area contributed by atoms with E-state index in [1.165, 1.54) is 6.42 Å². The molecule has 3 aliphatic rings. The van der Waals surface area contributed by atoms with E-state index in [1.54, 1.807) is 6.08 Å². The van der Waals surface area contributed by atoms with Crippen LogP contribution in [0, 0.1) is 16.7 Å². The molecule has 4 atom stereocenters. The molecule has 1 amide bonds. The first-order valence-corrected chi connectivity index (χ1v) is 6.53. The predicted octanol–water partition coefficient (Wildman–Crippen LogP) is 1.88. The molecule has 2 aliphatic carbocycles. The molecule has 1 heterocycles. The van der Waals surface area contributed by atoms with Gasteiger partial charge in [-0.3, -0.25) is 4.79 Å². The molecule has 0 unspecified atom stereocenters. The molecule has 0 aromatic rings. The second-order valence-electron chi connectivity index (χ2n) is 6.30. The van der Waals surface area contributed by atoms with Crippen LogP contribution in [0.2, 0.25) is 0 Å². The third-order valence-corrected chi connectivity index (χ3v) is 5.97. The first-order chi connectivity index (χ1) is 8.00. The van der Waals surface area contributed by atoms with E-state index in [0.29, 0.717) is 12.5 Å². The molecule has 0 radical (unpaired) electrons. The van der Waals surface area contributed by atoms with Crippen LogP contribution in [0.25, 0.3) is 0 Å².